The van der Waals surface area contributed by atoms with E-state index >= 15 is 0 Å². The number of halogens is 2. The molecule has 0 aliphatic carbocycles. The van der Waals surface area contributed by atoms with Crippen molar-refractivity contribution < 1.29 is 4.79 Å². The molecule has 4 rings (SSSR count). The first-order valence-electron chi connectivity index (χ1n) is 8.79. The molecule has 6 heteroatoms. The van der Waals surface area contributed by atoms with E-state index in [2.05, 4.69) is 33.4 Å². The van der Waals surface area contributed by atoms with E-state index in [0.29, 0.717) is 16.5 Å². The van der Waals surface area contributed by atoms with Gasteiger partial charge in [0.25, 0.3) is 0 Å². The van der Waals surface area contributed by atoms with Crippen LogP contribution in [0.4, 0.5) is 0 Å². The Morgan fingerprint density at radius 2 is 1.96 bits per heavy atom. The van der Waals surface area contributed by atoms with Crippen molar-refractivity contribution in [2.24, 2.45) is 0 Å². The SMILES string of the molecule is O=C(Cc1ccc(Cl)c(Cl)c1)N1CCc2sccc2C1CN1CC=CC1. The zero-order chi connectivity index (χ0) is 18.1. The van der Waals surface area contributed by atoms with Crippen molar-refractivity contribution in [2.45, 2.75) is 18.9 Å². The minimum Gasteiger partial charge on any atom is -0.334 e. The van der Waals surface area contributed by atoms with Gasteiger partial charge in [-0.25, -0.2) is 0 Å². The quantitative estimate of drug-likeness (QED) is 0.692. The van der Waals surface area contributed by atoms with Gasteiger partial charge in [-0.05, 0) is 41.1 Å². The summed E-state index contributed by atoms with van der Waals surface area (Å²) in [5.74, 6) is 0.150. The summed E-state index contributed by atoms with van der Waals surface area (Å²) < 4.78 is 0. The molecule has 1 aromatic carbocycles. The molecule has 2 aliphatic rings. The highest BCUT2D eigenvalue weighted by molar-refractivity contribution is 7.10. The number of amides is 1. The lowest BCUT2D eigenvalue weighted by molar-refractivity contribution is -0.133. The first kappa shape index (κ1) is 18.1. The number of nitrogens with zero attached hydrogens (tertiary/aromatic N) is 2. The van der Waals surface area contributed by atoms with Gasteiger partial charge in [-0.2, -0.15) is 0 Å². The normalized spacial score (nSPS) is 19.8. The topological polar surface area (TPSA) is 23.6 Å². The van der Waals surface area contributed by atoms with Gasteiger partial charge in [0, 0.05) is 31.1 Å². The molecule has 0 bridgehead atoms. The summed E-state index contributed by atoms with van der Waals surface area (Å²) in [5.41, 5.74) is 2.22. The van der Waals surface area contributed by atoms with Crippen molar-refractivity contribution in [1.82, 2.24) is 9.80 Å². The molecule has 0 N–H and O–H groups in total. The Kier molecular flexibility index (Phi) is 5.37. The lowest BCUT2D eigenvalue weighted by Gasteiger charge is -2.38. The molecule has 136 valence electrons. The molecule has 1 aromatic heterocycles. The van der Waals surface area contributed by atoms with Crippen LogP contribution in [0.1, 0.15) is 22.0 Å². The van der Waals surface area contributed by atoms with E-state index in [0.717, 1.165) is 38.2 Å². The average molecular weight is 407 g/mol. The van der Waals surface area contributed by atoms with Crippen LogP contribution in [0.5, 0.6) is 0 Å². The van der Waals surface area contributed by atoms with Gasteiger partial charge in [0.2, 0.25) is 5.91 Å². The molecule has 26 heavy (non-hydrogen) atoms. The molecule has 0 radical (unpaired) electrons. The Balaban J connectivity index is 1.54. The highest BCUT2D eigenvalue weighted by Gasteiger charge is 2.32. The standard InChI is InChI=1S/C20H20Cl2N2OS/c21-16-4-3-14(11-17(16)22)12-20(25)24-9-5-19-15(6-10-26-19)18(24)13-23-7-1-2-8-23/h1-4,6,10-11,18H,5,7-9,12-13H2. The molecule has 1 atom stereocenters. The number of carbonyl (C=O) groups excluding carboxylic acids is 1. The van der Waals surface area contributed by atoms with E-state index in [1.165, 1.54) is 10.4 Å². The molecule has 1 unspecified atom stereocenters. The molecular weight excluding hydrogens is 387 g/mol. The van der Waals surface area contributed by atoms with Crippen molar-refractivity contribution in [3.8, 4) is 0 Å². The molecule has 0 spiro atoms. The van der Waals surface area contributed by atoms with Crippen molar-refractivity contribution in [3.05, 3.63) is 67.8 Å². The van der Waals surface area contributed by atoms with Gasteiger partial charge in [-0.15, -0.1) is 11.3 Å². The third kappa shape index (κ3) is 3.70. The predicted molar refractivity (Wildman–Crippen MR) is 108 cm³/mol. The molecule has 2 aliphatic heterocycles. The summed E-state index contributed by atoms with van der Waals surface area (Å²) in [4.78, 5) is 19.0. The van der Waals surface area contributed by atoms with Crippen LogP contribution < -0.4 is 0 Å². The fourth-order valence-corrected chi connectivity index (χ4v) is 4.98. The number of rotatable bonds is 4. The first-order valence-corrected chi connectivity index (χ1v) is 10.4. The predicted octanol–water partition coefficient (Wildman–Crippen LogP) is 4.60. The molecule has 1 amide bonds. The van der Waals surface area contributed by atoms with Crippen molar-refractivity contribution in [1.29, 1.82) is 0 Å². The zero-order valence-corrected chi connectivity index (χ0v) is 16.7. The molecule has 3 nitrogen and oxygen atoms in total. The number of fused-ring (bicyclic) bond motifs is 1. The van der Waals surface area contributed by atoms with Crippen LogP contribution in [-0.2, 0) is 17.6 Å². The number of hydrogen-bond acceptors (Lipinski definition) is 3. The second kappa shape index (κ2) is 7.73. The number of thiophene rings is 1. The molecule has 0 saturated heterocycles. The molecule has 0 saturated carbocycles. The lowest BCUT2D eigenvalue weighted by atomic mass is 9.98. The largest absolute Gasteiger partial charge is 0.334 e. The van der Waals surface area contributed by atoms with Crippen LogP contribution in [0.2, 0.25) is 10.0 Å². The zero-order valence-electron chi connectivity index (χ0n) is 14.3. The van der Waals surface area contributed by atoms with Crippen LogP contribution >= 0.6 is 34.5 Å². The Morgan fingerprint density at radius 1 is 1.15 bits per heavy atom. The maximum Gasteiger partial charge on any atom is 0.227 e. The van der Waals surface area contributed by atoms with E-state index in [9.17, 15) is 4.79 Å². The van der Waals surface area contributed by atoms with E-state index in [-0.39, 0.29) is 11.9 Å². The minimum atomic E-state index is 0.125. The summed E-state index contributed by atoms with van der Waals surface area (Å²) in [6.07, 6.45) is 5.68. The van der Waals surface area contributed by atoms with Gasteiger partial charge in [-0.1, -0.05) is 41.4 Å². The van der Waals surface area contributed by atoms with Crippen molar-refractivity contribution in [3.63, 3.8) is 0 Å². The molecule has 3 heterocycles. The highest BCUT2D eigenvalue weighted by atomic mass is 35.5. The first-order chi connectivity index (χ1) is 12.6. The maximum absolute atomic E-state index is 13.1. The third-order valence-corrected chi connectivity index (χ3v) is 6.82. The molecule has 2 aromatic rings. The fraction of sp³-hybridized carbons (Fsp3) is 0.350. The average Bonchev–Trinajstić information content (AvgIpc) is 3.29. The van der Waals surface area contributed by atoms with E-state index < -0.39 is 0 Å². The Hall–Kier alpha value is -1.33. The smallest absolute Gasteiger partial charge is 0.227 e. The lowest BCUT2D eigenvalue weighted by Crippen LogP contribution is -2.45. The summed E-state index contributed by atoms with van der Waals surface area (Å²) in [6, 6.07) is 7.74. The highest BCUT2D eigenvalue weighted by Crippen LogP contribution is 2.34. The monoisotopic (exact) mass is 406 g/mol. The van der Waals surface area contributed by atoms with Gasteiger partial charge in [0.15, 0.2) is 0 Å². The second-order valence-electron chi connectivity index (χ2n) is 6.77. The minimum absolute atomic E-state index is 0.125. The summed E-state index contributed by atoms with van der Waals surface area (Å²) >= 11 is 13.9. The molecule has 0 fully saturated rings. The van der Waals surface area contributed by atoms with Crippen LogP contribution in [-0.4, -0.2) is 41.9 Å². The van der Waals surface area contributed by atoms with Crippen LogP contribution in [0.3, 0.4) is 0 Å². The van der Waals surface area contributed by atoms with E-state index in [1.807, 2.05) is 6.07 Å². The number of carbonyl (C=O) groups is 1. The van der Waals surface area contributed by atoms with Gasteiger partial charge in [0.1, 0.15) is 0 Å². The maximum atomic E-state index is 13.1. The fourth-order valence-electron chi connectivity index (χ4n) is 3.73. The van der Waals surface area contributed by atoms with Crippen molar-refractivity contribution in [2.75, 3.05) is 26.2 Å². The van der Waals surface area contributed by atoms with Gasteiger partial charge >= 0.3 is 0 Å². The number of benzene rings is 1. The summed E-state index contributed by atoms with van der Waals surface area (Å²) in [5, 5.41) is 3.16. The van der Waals surface area contributed by atoms with Gasteiger partial charge in [0.05, 0.1) is 22.5 Å². The second-order valence-corrected chi connectivity index (χ2v) is 8.58. The third-order valence-electron chi connectivity index (χ3n) is 5.08. The van der Waals surface area contributed by atoms with Gasteiger partial charge < -0.3 is 4.90 Å². The van der Waals surface area contributed by atoms with E-state index in [1.54, 1.807) is 23.5 Å². The molecular formula is C20H20Cl2N2OS. The van der Waals surface area contributed by atoms with E-state index in [4.69, 9.17) is 23.2 Å². The Morgan fingerprint density at radius 3 is 2.73 bits per heavy atom. The van der Waals surface area contributed by atoms with Crippen molar-refractivity contribution >= 4 is 40.4 Å². The van der Waals surface area contributed by atoms with Crippen LogP contribution in [0, 0.1) is 0 Å². The Labute approximate surface area is 167 Å². The van der Waals surface area contributed by atoms with Crippen LogP contribution in [0.15, 0.2) is 41.8 Å². The summed E-state index contributed by atoms with van der Waals surface area (Å²) in [6.45, 7) is 3.58. The Bertz CT molecular complexity index is 840. The van der Waals surface area contributed by atoms with Crippen LogP contribution in [0.25, 0.3) is 0 Å². The summed E-state index contributed by atoms with van der Waals surface area (Å²) in [7, 11) is 0. The number of hydrogen-bond donors (Lipinski definition) is 0. The van der Waals surface area contributed by atoms with Gasteiger partial charge in [-0.3, -0.25) is 9.69 Å².